The van der Waals surface area contributed by atoms with E-state index >= 15 is 0 Å². The summed E-state index contributed by atoms with van der Waals surface area (Å²) >= 11 is 4.16. The van der Waals surface area contributed by atoms with Gasteiger partial charge in [-0.1, -0.05) is 27.7 Å². The molecule has 0 bridgehead atoms. The highest BCUT2D eigenvalue weighted by Gasteiger charge is 2.31. The van der Waals surface area contributed by atoms with E-state index in [1.165, 1.54) is 18.4 Å². The number of furan rings is 1. The Morgan fingerprint density at radius 2 is 2.30 bits per heavy atom. The van der Waals surface area contributed by atoms with E-state index in [4.69, 9.17) is 4.42 Å². The molecule has 2 heterocycles. The summed E-state index contributed by atoms with van der Waals surface area (Å²) in [6.45, 7) is 0. The van der Waals surface area contributed by atoms with Gasteiger partial charge in [0.25, 0.3) is 0 Å². The molecule has 1 aromatic carbocycles. The lowest BCUT2D eigenvalue weighted by Gasteiger charge is -2.23. The largest absolute Gasteiger partial charge is 0.469 e. The zero-order valence-corrected chi connectivity index (χ0v) is 16.2. The standard InChI is InChI=1S/C18H13BrFN3O3S/c19-10-3-4-14(13(20)6-10)22-17(25)9-27-18-12(8-21)11(7-16(24)23-18)15-2-1-5-26-15/h1-6,11H,7,9H2,(H,22,25)(H,23,24)/t11-/m1/s1. The number of amides is 2. The van der Waals surface area contributed by atoms with E-state index in [-0.39, 0.29) is 23.8 Å². The highest BCUT2D eigenvalue weighted by atomic mass is 79.9. The van der Waals surface area contributed by atoms with Gasteiger partial charge < -0.3 is 15.1 Å². The van der Waals surface area contributed by atoms with Crippen molar-refractivity contribution in [3.05, 3.63) is 63.2 Å². The van der Waals surface area contributed by atoms with Crippen molar-refractivity contribution < 1.29 is 18.4 Å². The minimum atomic E-state index is -0.566. The maximum Gasteiger partial charge on any atom is 0.234 e. The molecule has 0 radical (unpaired) electrons. The van der Waals surface area contributed by atoms with Crippen molar-refractivity contribution >= 4 is 45.2 Å². The minimum absolute atomic E-state index is 0.0550. The maximum atomic E-state index is 13.8. The van der Waals surface area contributed by atoms with Gasteiger partial charge in [0, 0.05) is 10.9 Å². The molecule has 1 aliphatic rings. The van der Waals surface area contributed by atoms with Crippen LogP contribution in [0.2, 0.25) is 0 Å². The van der Waals surface area contributed by atoms with Gasteiger partial charge in [-0.15, -0.1) is 0 Å². The molecule has 9 heteroatoms. The highest BCUT2D eigenvalue weighted by Crippen LogP contribution is 2.36. The van der Waals surface area contributed by atoms with Gasteiger partial charge in [0.1, 0.15) is 11.6 Å². The van der Waals surface area contributed by atoms with Crippen molar-refractivity contribution in [2.75, 3.05) is 11.1 Å². The molecule has 2 aromatic rings. The van der Waals surface area contributed by atoms with E-state index in [0.717, 1.165) is 11.8 Å². The predicted molar refractivity (Wildman–Crippen MR) is 102 cm³/mol. The summed E-state index contributed by atoms with van der Waals surface area (Å²) in [5.74, 6) is -1.36. The third-order valence-electron chi connectivity index (χ3n) is 3.80. The van der Waals surface area contributed by atoms with Crippen LogP contribution in [0.25, 0.3) is 0 Å². The highest BCUT2D eigenvalue weighted by molar-refractivity contribution is 9.10. The zero-order chi connectivity index (χ0) is 19.4. The SMILES string of the molecule is N#CC1=C(SCC(=O)Nc2ccc(Br)cc2F)NC(=O)C[C@H]1c1ccco1. The molecular weight excluding hydrogens is 437 g/mol. The third kappa shape index (κ3) is 4.59. The normalized spacial score (nSPS) is 16.6. The van der Waals surface area contributed by atoms with Crippen LogP contribution in [0, 0.1) is 17.1 Å². The lowest BCUT2D eigenvalue weighted by Crippen LogP contribution is -2.31. The van der Waals surface area contributed by atoms with Crippen LogP contribution >= 0.6 is 27.7 Å². The summed E-state index contributed by atoms with van der Waals surface area (Å²) in [6, 6.07) is 9.77. The summed E-state index contributed by atoms with van der Waals surface area (Å²) in [6.07, 6.45) is 1.57. The Labute approximate surface area is 166 Å². The van der Waals surface area contributed by atoms with Gasteiger partial charge in [-0.3, -0.25) is 9.59 Å². The van der Waals surface area contributed by atoms with Crippen LogP contribution in [-0.2, 0) is 9.59 Å². The summed E-state index contributed by atoms with van der Waals surface area (Å²) in [5.41, 5.74) is 0.386. The van der Waals surface area contributed by atoms with E-state index in [1.807, 2.05) is 0 Å². The van der Waals surface area contributed by atoms with Gasteiger partial charge in [0.05, 0.1) is 40.3 Å². The predicted octanol–water partition coefficient (Wildman–Crippen LogP) is 3.89. The van der Waals surface area contributed by atoms with Gasteiger partial charge in [0.2, 0.25) is 11.8 Å². The van der Waals surface area contributed by atoms with E-state index in [2.05, 4.69) is 32.6 Å². The van der Waals surface area contributed by atoms with Crippen molar-refractivity contribution in [1.29, 1.82) is 5.26 Å². The zero-order valence-electron chi connectivity index (χ0n) is 13.8. The van der Waals surface area contributed by atoms with Crippen LogP contribution in [-0.4, -0.2) is 17.6 Å². The second-order valence-electron chi connectivity index (χ2n) is 5.64. The van der Waals surface area contributed by atoms with Gasteiger partial charge in [-0.05, 0) is 30.3 Å². The molecule has 0 aliphatic carbocycles. The summed E-state index contributed by atoms with van der Waals surface area (Å²) in [4.78, 5) is 24.1. The number of hydrogen-bond donors (Lipinski definition) is 2. The number of halogens is 2. The average molecular weight is 450 g/mol. The molecule has 0 saturated carbocycles. The first-order valence-corrected chi connectivity index (χ1v) is 9.61. The molecule has 2 N–H and O–H groups in total. The fourth-order valence-electron chi connectivity index (χ4n) is 2.58. The number of nitriles is 1. The summed E-state index contributed by atoms with van der Waals surface area (Å²) in [5, 5.41) is 14.9. The number of carbonyl (C=O) groups is 2. The third-order valence-corrected chi connectivity index (χ3v) is 5.31. The Kier molecular flexibility index (Phi) is 5.98. The number of allylic oxidation sites excluding steroid dienone is 1. The number of nitrogens with zero attached hydrogens (tertiary/aromatic N) is 1. The van der Waals surface area contributed by atoms with Crippen LogP contribution in [0.3, 0.4) is 0 Å². The first-order chi connectivity index (χ1) is 13.0. The van der Waals surface area contributed by atoms with E-state index in [0.29, 0.717) is 20.8 Å². The number of carbonyl (C=O) groups excluding carboxylic acids is 2. The van der Waals surface area contributed by atoms with Crippen LogP contribution in [0.1, 0.15) is 18.1 Å². The Morgan fingerprint density at radius 3 is 2.96 bits per heavy atom. The van der Waals surface area contributed by atoms with Crippen LogP contribution < -0.4 is 10.6 Å². The molecule has 6 nitrogen and oxygen atoms in total. The van der Waals surface area contributed by atoms with Gasteiger partial charge in [-0.2, -0.15) is 5.26 Å². The molecule has 27 heavy (non-hydrogen) atoms. The summed E-state index contributed by atoms with van der Waals surface area (Å²) < 4.78 is 19.7. The summed E-state index contributed by atoms with van der Waals surface area (Å²) in [7, 11) is 0. The van der Waals surface area contributed by atoms with E-state index in [9.17, 15) is 19.2 Å². The topological polar surface area (TPSA) is 95.1 Å². The number of benzene rings is 1. The lowest BCUT2D eigenvalue weighted by molar-refractivity contribution is -0.121. The Hall–Kier alpha value is -2.57. The monoisotopic (exact) mass is 449 g/mol. The van der Waals surface area contributed by atoms with Crippen molar-refractivity contribution in [2.45, 2.75) is 12.3 Å². The van der Waals surface area contributed by atoms with Crippen molar-refractivity contribution in [1.82, 2.24) is 5.32 Å². The fourth-order valence-corrected chi connectivity index (χ4v) is 3.79. The first kappa shape index (κ1) is 19.2. The Bertz CT molecular complexity index is 953. The molecule has 1 aliphatic heterocycles. The van der Waals surface area contributed by atoms with Gasteiger partial charge in [-0.25, -0.2) is 4.39 Å². The first-order valence-electron chi connectivity index (χ1n) is 7.83. The fraction of sp³-hybridized carbons (Fsp3) is 0.167. The minimum Gasteiger partial charge on any atom is -0.469 e. The van der Waals surface area contributed by atoms with Gasteiger partial charge >= 0.3 is 0 Å². The quantitative estimate of drug-likeness (QED) is 0.721. The molecule has 0 saturated heterocycles. The molecule has 1 aromatic heterocycles. The molecule has 1 atom stereocenters. The van der Waals surface area contributed by atoms with Crippen molar-refractivity contribution in [3.63, 3.8) is 0 Å². The second-order valence-corrected chi connectivity index (χ2v) is 7.54. The molecule has 0 unspecified atom stereocenters. The average Bonchev–Trinajstić information content (AvgIpc) is 3.16. The van der Waals surface area contributed by atoms with E-state index in [1.54, 1.807) is 18.2 Å². The smallest absolute Gasteiger partial charge is 0.234 e. The second kappa shape index (κ2) is 8.41. The molecule has 0 spiro atoms. The van der Waals surface area contributed by atoms with Crippen LogP contribution in [0.15, 0.2) is 56.1 Å². The molecule has 2 amide bonds. The molecule has 3 rings (SSSR count). The van der Waals surface area contributed by atoms with Gasteiger partial charge in [0.15, 0.2) is 0 Å². The van der Waals surface area contributed by atoms with Crippen LogP contribution in [0.4, 0.5) is 10.1 Å². The number of hydrogen-bond acceptors (Lipinski definition) is 5. The van der Waals surface area contributed by atoms with Crippen LogP contribution in [0.5, 0.6) is 0 Å². The maximum absolute atomic E-state index is 13.8. The number of nitrogens with one attached hydrogen (secondary N) is 2. The van der Waals surface area contributed by atoms with Crippen molar-refractivity contribution in [2.24, 2.45) is 0 Å². The number of anilines is 1. The number of rotatable bonds is 5. The Morgan fingerprint density at radius 1 is 1.48 bits per heavy atom. The molecule has 138 valence electrons. The Balaban J connectivity index is 1.72. The molecular formula is C18H13BrFN3O3S. The van der Waals surface area contributed by atoms with E-state index < -0.39 is 17.6 Å². The number of thioether (sulfide) groups is 1. The lowest BCUT2D eigenvalue weighted by atomic mass is 9.92. The van der Waals surface area contributed by atoms with Crippen molar-refractivity contribution in [3.8, 4) is 6.07 Å². The molecule has 0 fully saturated rings.